The lowest BCUT2D eigenvalue weighted by molar-refractivity contribution is 0.0951. The maximum absolute atomic E-state index is 12.1. The van der Waals surface area contributed by atoms with Crippen molar-refractivity contribution in [1.29, 1.82) is 0 Å². The standard InChI is InChI=1S/C16H15N3O2S/c1-2-14-18-15(19-21-14)11-5-7-12(8-6-11)16(20)17-10-13-4-3-9-22-13/h3-9H,2,10H2,1H3,(H,17,20). The van der Waals surface area contributed by atoms with E-state index >= 15 is 0 Å². The van der Waals surface area contributed by atoms with Gasteiger partial charge in [0.25, 0.3) is 5.91 Å². The Morgan fingerprint density at radius 2 is 2.09 bits per heavy atom. The van der Waals surface area contributed by atoms with Crippen molar-refractivity contribution in [3.8, 4) is 11.4 Å². The fourth-order valence-electron chi connectivity index (χ4n) is 1.97. The van der Waals surface area contributed by atoms with Crippen LogP contribution in [-0.2, 0) is 13.0 Å². The number of nitrogens with zero attached hydrogens (tertiary/aromatic N) is 2. The summed E-state index contributed by atoms with van der Waals surface area (Å²) in [6.07, 6.45) is 0.705. The van der Waals surface area contributed by atoms with Crippen molar-refractivity contribution in [2.24, 2.45) is 0 Å². The van der Waals surface area contributed by atoms with Crippen molar-refractivity contribution in [3.05, 3.63) is 58.1 Å². The van der Waals surface area contributed by atoms with Gasteiger partial charge in [-0.15, -0.1) is 11.3 Å². The van der Waals surface area contributed by atoms with Crippen molar-refractivity contribution in [2.75, 3.05) is 0 Å². The first kappa shape index (κ1) is 14.5. The zero-order valence-corrected chi connectivity index (χ0v) is 12.9. The first-order valence-corrected chi connectivity index (χ1v) is 7.88. The number of hydrogen-bond acceptors (Lipinski definition) is 5. The molecule has 0 atom stereocenters. The Bertz CT molecular complexity index is 748. The summed E-state index contributed by atoms with van der Waals surface area (Å²) in [5.74, 6) is 1.05. The van der Waals surface area contributed by atoms with Gasteiger partial charge >= 0.3 is 0 Å². The number of nitrogens with one attached hydrogen (secondary N) is 1. The van der Waals surface area contributed by atoms with Gasteiger partial charge in [-0.1, -0.05) is 30.3 Å². The molecule has 6 heteroatoms. The molecule has 3 aromatic rings. The molecule has 22 heavy (non-hydrogen) atoms. The van der Waals surface area contributed by atoms with Gasteiger partial charge in [-0.05, 0) is 23.6 Å². The van der Waals surface area contributed by atoms with Crippen molar-refractivity contribution in [3.63, 3.8) is 0 Å². The predicted molar refractivity (Wildman–Crippen MR) is 84.6 cm³/mol. The van der Waals surface area contributed by atoms with E-state index in [1.165, 1.54) is 0 Å². The van der Waals surface area contributed by atoms with Crippen molar-refractivity contribution >= 4 is 17.2 Å². The van der Waals surface area contributed by atoms with Crippen LogP contribution in [0.4, 0.5) is 0 Å². The van der Waals surface area contributed by atoms with E-state index < -0.39 is 0 Å². The normalized spacial score (nSPS) is 10.6. The van der Waals surface area contributed by atoms with E-state index in [1.807, 2.05) is 36.6 Å². The zero-order chi connectivity index (χ0) is 15.4. The molecule has 0 unspecified atom stereocenters. The highest BCUT2D eigenvalue weighted by Gasteiger charge is 2.09. The van der Waals surface area contributed by atoms with Gasteiger partial charge in [-0.25, -0.2) is 0 Å². The number of hydrogen-bond donors (Lipinski definition) is 1. The second kappa shape index (κ2) is 6.53. The smallest absolute Gasteiger partial charge is 0.251 e. The second-order valence-corrected chi connectivity index (χ2v) is 5.74. The van der Waals surface area contributed by atoms with E-state index in [9.17, 15) is 4.79 Å². The van der Waals surface area contributed by atoms with Crippen LogP contribution in [0.2, 0.25) is 0 Å². The quantitative estimate of drug-likeness (QED) is 0.785. The molecule has 2 heterocycles. The molecule has 0 bridgehead atoms. The average molecular weight is 313 g/mol. The van der Waals surface area contributed by atoms with E-state index in [4.69, 9.17) is 4.52 Å². The van der Waals surface area contributed by atoms with Gasteiger partial charge in [0.05, 0.1) is 6.54 Å². The summed E-state index contributed by atoms with van der Waals surface area (Å²) in [5.41, 5.74) is 1.44. The minimum absolute atomic E-state index is 0.0951. The molecular formula is C16H15N3O2S. The first-order valence-electron chi connectivity index (χ1n) is 7.00. The summed E-state index contributed by atoms with van der Waals surface area (Å²) in [4.78, 5) is 17.5. The fourth-order valence-corrected chi connectivity index (χ4v) is 2.61. The fraction of sp³-hybridized carbons (Fsp3) is 0.188. The summed E-state index contributed by atoms with van der Waals surface area (Å²) in [6, 6.07) is 11.1. The molecule has 3 rings (SSSR count). The highest BCUT2D eigenvalue weighted by Crippen LogP contribution is 2.17. The van der Waals surface area contributed by atoms with Gasteiger partial charge in [-0.2, -0.15) is 4.98 Å². The molecular weight excluding hydrogens is 298 g/mol. The summed E-state index contributed by atoms with van der Waals surface area (Å²) >= 11 is 1.62. The molecule has 0 saturated carbocycles. The molecule has 0 spiro atoms. The molecule has 0 radical (unpaired) electrons. The van der Waals surface area contributed by atoms with Crippen LogP contribution in [0.25, 0.3) is 11.4 Å². The van der Waals surface area contributed by atoms with Crippen LogP contribution >= 0.6 is 11.3 Å². The number of carbonyl (C=O) groups excluding carboxylic acids is 1. The highest BCUT2D eigenvalue weighted by atomic mass is 32.1. The lowest BCUT2D eigenvalue weighted by atomic mass is 10.1. The van der Waals surface area contributed by atoms with Crippen LogP contribution in [0.1, 0.15) is 28.0 Å². The SMILES string of the molecule is CCc1nc(-c2ccc(C(=O)NCc3cccs3)cc2)no1. The Kier molecular flexibility index (Phi) is 4.29. The lowest BCUT2D eigenvalue weighted by Crippen LogP contribution is -2.22. The Balaban J connectivity index is 1.66. The molecule has 112 valence electrons. The van der Waals surface area contributed by atoms with Crippen LogP contribution in [0.15, 0.2) is 46.3 Å². The Morgan fingerprint density at radius 1 is 1.27 bits per heavy atom. The molecule has 0 aliphatic heterocycles. The number of aromatic nitrogens is 2. The number of aryl methyl sites for hydroxylation is 1. The molecule has 0 aliphatic carbocycles. The van der Waals surface area contributed by atoms with E-state index in [0.29, 0.717) is 30.2 Å². The van der Waals surface area contributed by atoms with Crippen molar-refractivity contribution in [2.45, 2.75) is 19.9 Å². The molecule has 1 amide bonds. The largest absolute Gasteiger partial charge is 0.347 e. The van der Waals surface area contributed by atoms with Crippen LogP contribution in [0, 0.1) is 0 Å². The summed E-state index contributed by atoms with van der Waals surface area (Å²) in [6.45, 7) is 2.50. The molecule has 1 aromatic carbocycles. The monoisotopic (exact) mass is 313 g/mol. The third-order valence-electron chi connectivity index (χ3n) is 3.18. The summed E-state index contributed by atoms with van der Waals surface area (Å²) in [7, 11) is 0. The maximum atomic E-state index is 12.1. The highest BCUT2D eigenvalue weighted by molar-refractivity contribution is 7.09. The van der Waals surface area contributed by atoms with Crippen LogP contribution in [-0.4, -0.2) is 16.0 Å². The van der Waals surface area contributed by atoms with Crippen molar-refractivity contribution < 1.29 is 9.32 Å². The van der Waals surface area contributed by atoms with E-state index in [-0.39, 0.29) is 5.91 Å². The molecule has 0 aliphatic rings. The summed E-state index contributed by atoms with van der Waals surface area (Å²) < 4.78 is 5.09. The molecule has 2 aromatic heterocycles. The van der Waals surface area contributed by atoms with E-state index in [1.54, 1.807) is 23.5 Å². The van der Waals surface area contributed by atoms with E-state index in [0.717, 1.165) is 10.4 Å². The number of benzene rings is 1. The van der Waals surface area contributed by atoms with E-state index in [2.05, 4.69) is 15.5 Å². The number of carbonyl (C=O) groups is 1. The van der Waals surface area contributed by atoms with Crippen LogP contribution in [0.3, 0.4) is 0 Å². The predicted octanol–water partition coefficient (Wildman–Crippen LogP) is 3.29. The lowest BCUT2D eigenvalue weighted by Gasteiger charge is -2.04. The summed E-state index contributed by atoms with van der Waals surface area (Å²) in [5, 5.41) is 8.80. The Hall–Kier alpha value is -2.47. The number of rotatable bonds is 5. The van der Waals surface area contributed by atoms with Gasteiger partial charge in [0, 0.05) is 22.4 Å². The molecule has 0 saturated heterocycles. The zero-order valence-electron chi connectivity index (χ0n) is 12.1. The van der Waals surface area contributed by atoms with Crippen LogP contribution < -0.4 is 5.32 Å². The number of amides is 1. The van der Waals surface area contributed by atoms with Gasteiger partial charge in [-0.3, -0.25) is 4.79 Å². The molecule has 5 nitrogen and oxygen atoms in total. The maximum Gasteiger partial charge on any atom is 0.251 e. The average Bonchev–Trinajstić information content (AvgIpc) is 3.24. The Labute approximate surface area is 132 Å². The van der Waals surface area contributed by atoms with Crippen molar-refractivity contribution in [1.82, 2.24) is 15.5 Å². The van der Waals surface area contributed by atoms with Gasteiger partial charge in [0.15, 0.2) is 0 Å². The Morgan fingerprint density at radius 3 is 2.73 bits per heavy atom. The van der Waals surface area contributed by atoms with Crippen LogP contribution in [0.5, 0.6) is 0 Å². The minimum Gasteiger partial charge on any atom is -0.347 e. The third-order valence-corrected chi connectivity index (χ3v) is 4.06. The second-order valence-electron chi connectivity index (χ2n) is 4.70. The van der Waals surface area contributed by atoms with Gasteiger partial charge in [0.1, 0.15) is 0 Å². The topological polar surface area (TPSA) is 68.0 Å². The minimum atomic E-state index is -0.0951. The third kappa shape index (κ3) is 3.23. The van der Waals surface area contributed by atoms with Gasteiger partial charge < -0.3 is 9.84 Å². The number of thiophene rings is 1. The molecule has 0 fully saturated rings. The van der Waals surface area contributed by atoms with Gasteiger partial charge in [0.2, 0.25) is 11.7 Å². The molecule has 1 N–H and O–H groups in total. The first-order chi connectivity index (χ1) is 10.8.